The fraction of sp³-hybridized carbons (Fsp3) is 0.385. The highest BCUT2D eigenvalue weighted by Crippen LogP contribution is 2.15. The maximum atomic E-state index is 12.2. The van der Waals surface area contributed by atoms with Gasteiger partial charge in [0.25, 0.3) is 5.91 Å². The zero-order chi connectivity index (χ0) is 13.7. The molecule has 1 heterocycles. The van der Waals surface area contributed by atoms with Gasteiger partial charge in [-0.3, -0.25) is 15.0 Å². The summed E-state index contributed by atoms with van der Waals surface area (Å²) in [6, 6.07) is 6.92. The van der Waals surface area contributed by atoms with Gasteiger partial charge in [0.05, 0.1) is 24.5 Å². The Morgan fingerprint density at radius 1 is 1.21 bits per heavy atom. The van der Waals surface area contributed by atoms with Crippen molar-refractivity contribution in [2.75, 3.05) is 31.6 Å². The van der Waals surface area contributed by atoms with E-state index in [1.807, 2.05) is 5.01 Å². The standard InChI is InChI=1S/C13H17N3O3/c1-10(17)14-12-5-3-2-4-11(12)13(18)15-16-6-8-19-9-7-16/h2-5H,6-9H2,1H3,(H,14,17)(H,15,18). The van der Waals surface area contributed by atoms with Crippen LogP contribution in [0.2, 0.25) is 0 Å². The average Bonchev–Trinajstić information content (AvgIpc) is 2.39. The van der Waals surface area contributed by atoms with Crippen molar-refractivity contribution in [3.8, 4) is 0 Å². The molecular weight excluding hydrogens is 246 g/mol. The number of hydrogen-bond donors (Lipinski definition) is 2. The summed E-state index contributed by atoms with van der Waals surface area (Å²) in [6.07, 6.45) is 0. The van der Waals surface area contributed by atoms with Crippen molar-refractivity contribution >= 4 is 17.5 Å². The van der Waals surface area contributed by atoms with E-state index >= 15 is 0 Å². The average molecular weight is 263 g/mol. The van der Waals surface area contributed by atoms with E-state index < -0.39 is 0 Å². The van der Waals surface area contributed by atoms with Crippen LogP contribution in [0.3, 0.4) is 0 Å². The molecule has 6 heteroatoms. The second-order valence-corrected chi connectivity index (χ2v) is 4.27. The number of ether oxygens (including phenoxy) is 1. The van der Waals surface area contributed by atoms with Gasteiger partial charge >= 0.3 is 0 Å². The summed E-state index contributed by atoms with van der Waals surface area (Å²) in [6.45, 7) is 3.94. The van der Waals surface area contributed by atoms with Gasteiger partial charge in [0, 0.05) is 20.0 Å². The number of rotatable bonds is 3. The second kappa shape index (κ2) is 6.31. The van der Waals surface area contributed by atoms with Crippen LogP contribution in [0.25, 0.3) is 0 Å². The lowest BCUT2D eigenvalue weighted by molar-refractivity contribution is -0.114. The molecule has 1 aliphatic rings. The van der Waals surface area contributed by atoms with Gasteiger partial charge in [-0.25, -0.2) is 5.01 Å². The Bertz CT molecular complexity index is 470. The van der Waals surface area contributed by atoms with E-state index in [9.17, 15) is 9.59 Å². The number of benzene rings is 1. The van der Waals surface area contributed by atoms with Gasteiger partial charge in [0.2, 0.25) is 5.91 Å². The molecule has 2 amide bonds. The van der Waals surface area contributed by atoms with Gasteiger partial charge in [-0.1, -0.05) is 12.1 Å². The molecule has 0 bridgehead atoms. The number of anilines is 1. The lowest BCUT2D eigenvalue weighted by Crippen LogP contribution is -2.48. The van der Waals surface area contributed by atoms with Gasteiger partial charge < -0.3 is 10.1 Å². The van der Waals surface area contributed by atoms with Crippen LogP contribution in [0.4, 0.5) is 5.69 Å². The number of para-hydroxylation sites is 1. The van der Waals surface area contributed by atoms with Crippen LogP contribution in [0, 0.1) is 0 Å². The number of nitrogens with one attached hydrogen (secondary N) is 2. The van der Waals surface area contributed by atoms with Crippen LogP contribution in [-0.2, 0) is 9.53 Å². The second-order valence-electron chi connectivity index (χ2n) is 4.27. The summed E-state index contributed by atoms with van der Waals surface area (Å²) in [5.41, 5.74) is 3.77. The third kappa shape index (κ3) is 3.77. The van der Waals surface area contributed by atoms with Gasteiger partial charge in [-0.05, 0) is 12.1 Å². The summed E-state index contributed by atoms with van der Waals surface area (Å²) in [7, 11) is 0. The molecule has 1 fully saturated rings. The Morgan fingerprint density at radius 3 is 2.58 bits per heavy atom. The van der Waals surface area contributed by atoms with Crippen molar-refractivity contribution in [2.24, 2.45) is 0 Å². The highest BCUT2D eigenvalue weighted by Gasteiger charge is 2.16. The van der Waals surface area contributed by atoms with E-state index in [-0.39, 0.29) is 11.8 Å². The van der Waals surface area contributed by atoms with E-state index in [1.54, 1.807) is 24.3 Å². The number of nitrogens with zero attached hydrogens (tertiary/aromatic N) is 1. The molecule has 19 heavy (non-hydrogen) atoms. The van der Waals surface area contributed by atoms with Gasteiger partial charge in [0.1, 0.15) is 0 Å². The quantitative estimate of drug-likeness (QED) is 0.838. The molecule has 1 aromatic rings. The minimum Gasteiger partial charge on any atom is -0.379 e. The number of hydrazine groups is 1. The van der Waals surface area contributed by atoms with Crippen molar-refractivity contribution in [1.82, 2.24) is 10.4 Å². The molecule has 1 aromatic carbocycles. The Hall–Kier alpha value is -1.92. The van der Waals surface area contributed by atoms with Crippen molar-refractivity contribution in [1.29, 1.82) is 0 Å². The lowest BCUT2D eigenvalue weighted by Gasteiger charge is -2.27. The monoisotopic (exact) mass is 263 g/mol. The molecular formula is C13H17N3O3. The van der Waals surface area contributed by atoms with Crippen molar-refractivity contribution in [3.05, 3.63) is 29.8 Å². The first-order chi connectivity index (χ1) is 9.16. The third-order valence-electron chi connectivity index (χ3n) is 2.75. The molecule has 0 spiro atoms. The Morgan fingerprint density at radius 2 is 1.89 bits per heavy atom. The minimum absolute atomic E-state index is 0.202. The van der Waals surface area contributed by atoms with Gasteiger partial charge in [-0.2, -0.15) is 0 Å². The van der Waals surface area contributed by atoms with Crippen molar-refractivity contribution < 1.29 is 14.3 Å². The number of carbonyl (C=O) groups excluding carboxylic acids is 2. The number of hydrogen-bond acceptors (Lipinski definition) is 4. The summed E-state index contributed by atoms with van der Waals surface area (Å²) in [5.74, 6) is -0.433. The van der Waals surface area contributed by atoms with Gasteiger partial charge in [-0.15, -0.1) is 0 Å². The Kier molecular flexibility index (Phi) is 4.48. The van der Waals surface area contributed by atoms with Crippen molar-refractivity contribution in [3.63, 3.8) is 0 Å². The molecule has 1 saturated heterocycles. The van der Waals surface area contributed by atoms with Crippen LogP contribution in [-0.4, -0.2) is 43.1 Å². The Balaban J connectivity index is 2.07. The summed E-state index contributed by atoms with van der Waals surface area (Å²) in [4.78, 5) is 23.3. The fourth-order valence-electron chi connectivity index (χ4n) is 1.86. The SMILES string of the molecule is CC(=O)Nc1ccccc1C(=O)NN1CCOCC1. The van der Waals surface area contributed by atoms with Crippen LogP contribution >= 0.6 is 0 Å². The molecule has 0 unspecified atom stereocenters. The molecule has 0 atom stereocenters. The molecule has 6 nitrogen and oxygen atoms in total. The normalized spacial score (nSPS) is 15.8. The number of amides is 2. The highest BCUT2D eigenvalue weighted by atomic mass is 16.5. The lowest BCUT2D eigenvalue weighted by atomic mass is 10.1. The van der Waals surface area contributed by atoms with E-state index in [0.717, 1.165) is 0 Å². The summed E-state index contributed by atoms with van der Waals surface area (Å²) >= 11 is 0. The molecule has 0 aliphatic carbocycles. The number of morpholine rings is 1. The molecule has 2 N–H and O–H groups in total. The first kappa shape index (κ1) is 13.5. The van der Waals surface area contributed by atoms with Crippen molar-refractivity contribution in [2.45, 2.75) is 6.92 Å². The third-order valence-corrected chi connectivity index (χ3v) is 2.75. The molecule has 2 rings (SSSR count). The molecule has 0 radical (unpaired) electrons. The smallest absolute Gasteiger partial charge is 0.267 e. The van der Waals surface area contributed by atoms with Crippen LogP contribution < -0.4 is 10.7 Å². The zero-order valence-electron chi connectivity index (χ0n) is 10.8. The van der Waals surface area contributed by atoms with E-state index in [1.165, 1.54) is 6.92 Å². The van der Waals surface area contributed by atoms with E-state index in [2.05, 4.69) is 10.7 Å². The summed E-state index contributed by atoms with van der Waals surface area (Å²) < 4.78 is 5.21. The predicted octanol–water partition coefficient (Wildman–Crippen LogP) is 0.622. The zero-order valence-corrected chi connectivity index (χ0v) is 10.8. The topological polar surface area (TPSA) is 70.7 Å². The van der Waals surface area contributed by atoms with Gasteiger partial charge in [0.15, 0.2) is 0 Å². The minimum atomic E-state index is -0.230. The fourth-order valence-corrected chi connectivity index (χ4v) is 1.86. The largest absolute Gasteiger partial charge is 0.379 e. The summed E-state index contributed by atoms with van der Waals surface area (Å²) in [5, 5.41) is 4.46. The molecule has 0 saturated carbocycles. The highest BCUT2D eigenvalue weighted by molar-refractivity contribution is 6.03. The predicted molar refractivity (Wildman–Crippen MR) is 70.6 cm³/mol. The van der Waals surface area contributed by atoms with Crippen LogP contribution in [0.15, 0.2) is 24.3 Å². The van der Waals surface area contributed by atoms with E-state index in [0.29, 0.717) is 37.6 Å². The first-order valence-corrected chi connectivity index (χ1v) is 6.17. The number of carbonyl (C=O) groups is 2. The molecule has 0 aromatic heterocycles. The van der Waals surface area contributed by atoms with Crippen LogP contribution in [0.1, 0.15) is 17.3 Å². The maximum Gasteiger partial charge on any atom is 0.267 e. The Labute approximate surface area is 111 Å². The molecule has 102 valence electrons. The molecule has 1 aliphatic heterocycles. The van der Waals surface area contributed by atoms with E-state index in [4.69, 9.17) is 4.74 Å². The first-order valence-electron chi connectivity index (χ1n) is 6.17. The van der Waals surface area contributed by atoms with Crippen LogP contribution in [0.5, 0.6) is 0 Å². The maximum absolute atomic E-state index is 12.2.